The molecule has 82 valence electrons. The Morgan fingerprint density at radius 1 is 1.40 bits per heavy atom. The number of hydrogen-bond acceptors (Lipinski definition) is 2. The lowest BCUT2D eigenvalue weighted by atomic mass is 9.86. The first-order valence-electron chi connectivity index (χ1n) is 5.17. The van der Waals surface area contributed by atoms with Crippen LogP contribution >= 0.6 is 11.6 Å². The Morgan fingerprint density at radius 2 is 2.07 bits per heavy atom. The Hall–Kier alpha value is -1.03. The van der Waals surface area contributed by atoms with Crippen molar-refractivity contribution < 1.29 is 9.90 Å². The van der Waals surface area contributed by atoms with Crippen LogP contribution in [0.5, 0.6) is 0 Å². The Balaban J connectivity index is 2.28. The van der Waals surface area contributed by atoms with E-state index in [1.807, 2.05) is 0 Å². The molecule has 15 heavy (non-hydrogen) atoms. The van der Waals surface area contributed by atoms with Gasteiger partial charge in [-0.2, -0.15) is 0 Å². The number of imidazole rings is 1. The molecular weight excluding hydrogens is 216 g/mol. The van der Waals surface area contributed by atoms with Crippen LogP contribution in [0.2, 0.25) is 5.28 Å². The summed E-state index contributed by atoms with van der Waals surface area (Å²) in [5.41, 5.74) is 0.791. The molecule has 1 saturated carbocycles. The Bertz CT molecular complexity index is 369. The molecule has 0 aliphatic heterocycles. The van der Waals surface area contributed by atoms with Crippen LogP contribution in [-0.2, 0) is 0 Å². The van der Waals surface area contributed by atoms with E-state index >= 15 is 0 Å². The monoisotopic (exact) mass is 228 g/mol. The summed E-state index contributed by atoms with van der Waals surface area (Å²) in [5, 5.41) is 9.14. The third-order valence-corrected chi connectivity index (χ3v) is 3.10. The molecule has 5 heteroatoms. The highest BCUT2D eigenvalue weighted by atomic mass is 35.5. The molecule has 1 aromatic rings. The molecule has 0 unspecified atom stereocenters. The fraction of sp³-hybridized carbons (Fsp3) is 0.600. The second-order valence-corrected chi connectivity index (χ2v) is 4.29. The number of carboxylic acids is 1. The van der Waals surface area contributed by atoms with Crippen molar-refractivity contribution in [1.29, 1.82) is 0 Å². The molecule has 0 atom stereocenters. The van der Waals surface area contributed by atoms with Crippen molar-refractivity contribution in [3.8, 4) is 0 Å². The molecule has 1 fully saturated rings. The van der Waals surface area contributed by atoms with Crippen LogP contribution in [0, 0.1) is 0 Å². The number of aromatic amines is 1. The van der Waals surface area contributed by atoms with E-state index in [-0.39, 0.29) is 16.9 Å². The zero-order valence-corrected chi connectivity index (χ0v) is 9.05. The lowest BCUT2D eigenvalue weighted by Crippen LogP contribution is -2.10. The molecule has 1 aliphatic rings. The summed E-state index contributed by atoms with van der Waals surface area (Å²) in [6, 6.07) is 0. The fourth-order valence-corrected chi connectivity index (χ4v) is 2.39. The Morgan fingerprint density at radius 3 is 2.67 bits per heavy atom. The van der Waals surface area contributed by atoms with Crippen LogP contribution < -0.4 is 0 Å². The average molecular weight is 229 g/mol. The predicted molar refractivity (Wildman–Crippen MR) is 56.4 cm³/mol. The maximum atomic E-state index is 10.9. The minimum absolute atomic E-state index is 0.0897. The van der Waals surface area contributed by atoms with E-state index in [1.54, 1.807) is 0 Å². The van der Waals surface area contributed by atoms with Gasteiger partial charge in [0.25, 0.3) is 0 Å². The molecule has 2 N–H and O–H groups in total. The van der Waals surface area contributed by atoms with E-state index in [0.29, 0.717) is 5.69 Å². The number of aromatic nitrogens is 2. The van der Waals surface area contributed by atoms with Crippen molar-refractivity contribution in [2.45, 2.75) is 38.0 Å². The van der Waals surface area contributed by atoms with Crippen molar-refractivity contribution >= 4 is 17.6 Å². The largest absolute Gasteiger partial charge is 0.476 e. The molecular formula is C10H13ClN2O2. The van der Waals surface area contributed by atoms with Crippen molar-refractivity contribution in [2.75, 3.05) is 0 Å². The first kappa shape index (κ1) is 10.5. The van der Waals surface area contributed by atoms with Gasteiger partial charge in [-0.25, -0.2) is 9.78 Å². The molecule has 0 saturated heterocycles. The normalized spacial score (nSPS) is 17.9. The molecule has 0 bridgehead atoms. The van der Waals surface area contributed by atoms with E-state index in [9.17, 15) is 4.79 Å². The zero-order chi connectivity index (χ0) is 10.8. The highest BCUT2D eigenvalue weighted by Gasteiger charge is 2.24. The van der Waals surface area contributed by atoms with Crippen LogP contribution in [0.1, 0.15) is 54.2 Å². The highest BCUT2D eigenvalue weighted by Crippen LogP contribution is 2.33. The second-order valence-electron chi connectivity index (χ2n) is 3.93. The predicted octanol–water partition coefficient (Wildman–Crippen LogP) is 2.81. The van der Waals surface area contributed by atoms with Gasteiger partial charge in [0.1, 0.15) is 0 Å². The molecule has 1 aromatic heterocycles. The molecule has 4 nitrogen and oxygen atoms in total. The van der Waals surface area contributed by atoms with Gasteiger partial charge < -0.3 is 10.1 Å². The molecule has 0 spiro atoms. The maximum absolute atomic E-state index is 10.9. The Kier molecular flexibility index (Phi) is 2.95. The van der Waals surface area contributed by atoms with Gasteiger partial charge in [0, 0.05) is 5.92 Å². The minimum atomic E-state index is -1.00. The summed E-state index contributed by atoms with van der Waals surface area (Å²) in [5.74, 6) is -0.719. The van der Waals surface area contributed by atoms with Gasteiger partial charge in [-0.15, -0.1) is 0 Å². The number of hydrogen-bond donors (Lipinski definition) is 2. The molecule has 1 heterocycles. The number of H-pyrrole nitrogens is 1. The summed E-state index contributed by atoms with van der Waals surface area (Å²) in [6.07, 6.45) is 5.60. The van der Waals surface area contributed by atoms with Gasteiger partial charge in [0.15, 0.2) is 5.69 Å². The third-order valence-electron chi connectivity index (χ3n) is 2.92. The quantitative estimate of drug-likeness (QED) is 0.818. The second kappa shape index (κ2) is 4.23. The average Bonchev–Trinajstić information content (AvgIpc) is 2.62. The number of rotatable bonds is 2. The SMILES string of the molecule is O=C(O)c1nc(Cl)[nH]c1C1CCCCC1. The van der Waals surface area contributed by atoms with Gasteiger partial charge in [-0.1, -0.05) is 19.3 Å². The van der Waals surface area contributed by atoms with Crippen molar-refractivity contribution in [3.63, 3.8) is 0 Å². The first-order chi connectivity index (χ1) is 7.18. The standard InChI is InChI=1S/C10H13ClN2O2/c11-10-12-7(8(13-10)9(14)15)6-4-2-1-3-5-6/h6H,1-5H2,(H,12,13)(H,14,15). The van der Waals surface area contributed by atoms with Gasteiger partial charge in [0.2, 0.25) is 5.28 Å². The summed E-state index contributed by atoms with van der Waals surface area (Å²) >= 11 is 5.70. The molecule has 2 rings (SSSR count). The number of aromatic carboxylic acids is 1. The summed E-state index contributed by atoms with van der Waals surface area (Å²) in [6.45, 7) is 0. The van der Waals surface area contributed by atoms with Crippen molar-refractivity contribution in [3.05, 3.63) is 16.7 Å². The number of carbonyl (C=O) groups is 1. The van der Waals surface area contributed by atoms with Gasteiger partial charge in [0.05, 0.1) is 5.69 Å². The number of carboxylic acid groups (broad SMARTS) is 1. The van der Waals surface area contributed by atoms with Gasteiger partial charge >= 0.3 is 5.97 Å². The third kappa shape index (κ3) is 2.15. The Labute approximate surface area is 92.7 Å². The van der Waals surface area contributed by atoms with Crippen LogP contribution in [0.15, 0.2) is 0 Å². The minimum Gasteiger partial charge on any atom is -0.476 e. The number of halogens is 1. The molecule has 0 aromatic carbocycles. The van der Waals surface area contributed by atoms with E-state index in [0.717, 1.165) is 25.7 Å². The fourth-order valence-electron chi connectivity index (χ4n) is 2.21. The van der Waals surface area contributed by atoms with Gasteiger partial charge in [-0.3, -0.25) is 0 Å². The highest BCUT2D eigenvalue weighted by molar-refractivity contribution is 6.28. The van der Waals surface area contributed by atoms with E-state index in [4.69, 9.17) is 16.7 Å². The van der Waals surface area contributed by atoms with Crippen molar-refractivity contribution in [2.24, 2.45) is 0 Å². The molecule has 0 radical (unpaired) electrons. The summed E-state index contributed by atoms with van der Waals surface area (Å²) in [7, 11) is 0. The maximum Gasteiger partial charge on any atom is 0.356 e. The number of nitrogens with one attached hydrogen (secondary N) is 1. The van der Waals surface area contributed by atoms with Crippen LogP contribution in [-0.4, -0.2) is 21.0 Å². The van der Waals surface area contributed by atoms with Crippen LogP contribution in [0.4, 0.5) is 0 Å². The van der Waals surface area contributed by atoms with Crippen LogP contribution in [0.25, 0.3) is 0 Å². The lowest BCUT2D eigenvalue weighted by molar-refractivity contribution is 0.0689. The lowest BCUT2D eigenvalue weighted by Gasteiger charge is -2.20. The number of nitrogens with zero attached hydrogens (tertiary/aromatic N) is 1. The first-order valence-corrected chi connectivity index (χ1v) is 5.55. The smallest absolute Gasteiger partial charge is 0.356 e. The summed E-state index contributed by atoms with van der Waals surface area (Å²) in [4.78, 5) is 17.6. The molecule has 1 aliphatic carbocycles. The topological polar surface area (TPSA) is 66.0 Å². The van der Waals surface area contributed by atoms with E-state index in [1.165, 1.54) is 6.42 Å². The van der Waals surface area contributed by atoms with E-state index in [2.05, 4.69) is 9.97 Å². The van der Waals surface area contributed by atoms with Crippen molar-refractivity contribution in [1.82, 2.24) is 9.97 Å². The van der Waals surface area contributed by atoms with Crippen LogP contribution in [0.3, 0.4) is 0 Å². The summed E-state index contributed by atoms with van der Waals surface area (Å²) < 4.78 is 0. The molecule has 0 amide bonds. The van der Waals surface area contributed by atoms with E-state index < -0.39 is 5.97 Å². The zero-order valence-electron chi connectivity index (χ0n) is 8.29. The van der Waals surface area contributed by atoms with Gasteiger partial charge in [-0.05, 0) is 24.4 Å².